The molecular formula is C14H17F3N2O3. The largest absolute Gasteiger partial charge is 0.480 e. The normalized spacial score (nSPS) is 12.1. The zero-order valence-corrected chi connectivity index (χ0v) is 12.4. The molecule has 1 amide bonds. The van der Waals surface area contributed by atoms with Crippen molar-refractivity contribution in [3.8, 4) is 0 Å². The van der Waals surface area contributed by atoms with E-state index in [1.165, 1.54) is 0 Å². The number of carbonyl (C=O) groups is 2. The highest BCUT2D eigenvalue weighted by Gasteiger charge is 2.31. The summed E-state index contributed by atoms with van der Waals surface area (Å²) in [6, 6.07) is 1.69. The van der Waals surface area contributed by atoms with E-state index >= 15 is 0 Å². The van der Waals surface area contributed by atoms with Gasteiger partial charge in [0.25, 0.3) is 5.91 Å². The van der Waals surface area contributed by atoms with Crippen molar-refractivity contribution < 1.29 is 27.9 Å². The molecule has 1 rings (SSSR count). The molecule has 0 aliphatic rings. The van der Waals surface area contributed by atoms with E-state index in [4.69, 9.17) is 5.11 Å². The smallest absolute Gasteiger partial charge is 0.417 e. The molecule has 1 aromatic rings. The molecule has 0 fully saturated rings. The molecule has 1 aromatic heterocycles. The number of carboxylic acids is 1. The van der Waals surface area contributed by atoms with Gasteiger partial charge < -0.3 is 10.0 Å². The molecule has 0 atom stereocenters. The van der Waals surface area contributed by atoms with Crippen molar-refractivity contribution in [2.24, 2.45) is 5.41 Å². The van der Waals surface area contributed by atoms with Crippen molar-refractivity contribution in [3.05, 3.63) is 29.6 Å². The van der Waals surface area contributed by atoms with E-state index in [0.717, 1.165) is 17.0 Å². The second-order valence-electron chi connectivity index (χ2n) is 6.05. The Morgan fingerprint density at radius 2 is 1.82 bits per heavy atom. The van der Waals surface area contributed by atoms with Gasteiger partial charge in [-0.2, -0.15) is 13.2 Å². The molecule has 0 radical (unpaired) electrons. The van der Waals surface area contributed by atoms with Crippen LogP contribution in [-0.4, -0.2) is 40.0 Å². The summed E-state index contributed by atoms with van der Waals surface area (Å²) >= 11 is 0. The molecule has 0 aromatic carbocycles. The van der Waals surface area contributed by atoms with Gasteiger partial charge in [0.2, 0.25) is 0 Å². The Labute approximate surface area is 125 Å². The highest BCUT2D eigenvalue weighted by atomic mass is 19.4. The first-order valence-electron chi connectivity index (χ1n) is 6.44. The topological polar surface area (TPSA) is 70.5 Å². The summed E-state index contributed by atoms with van der Waals surface area (Å²) in [6.07, 6.45) is -3.98. The molecule has 0 unspecified atom stereocenters. The van der Waals surface area contributed by atoms with Gasteiger partial charge in [-0.15, -0.1) is 0 Å². The maximum Gasteiger partial charge on any atom is 0.417 e. The van der Waals surface area contributed by atoms with E-state index in [1.54, 1.807) is 0 Å². The third-order valence-corrected chi connectivity index (χ3v) is 2.59. The molecular weight excluding hydrogens is 301 g/mol. The first-order valence-corrected chi connectivity index (χ1v) is 6.44. The van der Waals surface area contributed by atoms with E-state index in [9.17, 15) is 22.8 Å². The SMILES string of the molecule is CC(C)(C)CN(CC(=O)O)C(=O)c1ccc(C(F)(F)F)cn1. The number of nitrogens with zero attached hydrogens (tertiary/aromatic N) is 2. The van der Waals surface area contributed by atoms with Gasteiger partial charge in [-0.25, -0.2) is 0 Å². The predicted octanol–water partition coefficient (Wildman–Crippen LogP) is 2.67. The number of amides is 1. The fourth-order valence-corrected chi connectivity index (χ4v) is 1.79. The van der Waals surface area contributed by atoms with Crippen LogP contribution in [0.3, 0.4) is 0 Å². The van der Waals surface area contributed by atoms with E-state index in [1.807, 2.05) is 20.8 Å². The highest BCUT2D eigenvalue weighted by molar-refractivity contribution is 5.94. The lowest BCUT2D eigenvalue weighted by Gasteiger charge is -2.28. The molecule has 5 nitrogen and oxygen atoms in total. The van der Waals surface area contributed by atoms with Gasteiger partial charge in [0.1, 0.15) is 12.2 Å². The Kier molecular flexibility index (Phi) is 5.16. The number of carbonyl (C=O) groups excluding carboxylic acids is 1. The quantitative estimate of drug-likeness (QED) is 0.926. The van der Waals surface area contributed by atoms with Gasteiger partial charge in [-0.1, -0.05) is 20.8 Å². The molecule has 0 aliphatic heterocycles. The number of pyridine rings is 1. The molecule has 122 valence electrons. The number of hydrogen-bond acceptors (Lipinski definition) is 3. The first-order chi connectivity index (χ1) is 9.90. The summed E-state index contributed by atoms with van der Waals surface area (Å²) in [4.78, 5) is 27.6. The molecule has 0 spiro atoms. The maximum absolute atomic E-state index is 12.5. The van der Waals surface area contributed by atoms with Gasteiger partial charge >= 0.3 is 12.1 Å². The summed E-state index contributed by atoms with van der Waals surface area (Å²) in [5.41, 5.74) is -1.56. The minimum atomic E-state index is -4.54. The van der Waals surface area contributed by atoms with Crippen LogP contribution in [0.1, 0.15) is 36.8 Å². The monoisotopic (exact) mass is 318 g/mol. The van der Waals surface area contributed by atoms with Crippen LogP contribution in [0.25, 0.3) is 0 Å². The zero-order valence-electron chi connectivity index (χ0n) is 12.4. The summed E-state index contributed by atoms with van der Waals surface area (Å²) in [7, 11) is 0. The van der Waals surface area contributed by atoms with Crippen LogP contribution in [0.15, 0.2) is 18.3 Å². The molecule has 1 N–H and O–H groups in total. The maximum atomic E-state index is 12.5. The van der Waals surface area contributed by atoms with Gasteiger partial charge in [0, 0.05) is 12.7 Å². The number of rotatable bonds is 4. The predicted molar refractivity (Wildman–Crippen MR) is 72.2 cm³/mol. The van der Waals surface area contributed by atoms with Crippen molar-refractivity contribution in [3.63, 3.8) is 0 Å². The molecule has 0 aliphatic carbocycles. The summed E-state index contributed by atoms with van der Waals surface area (Å²) in [5, 5.41) is 8.86. The molecule has 0 saturated heterocycles. The Bertz CT molecular complexity index is 548. The summed E-state index contributed by atoms with van der Waals surface area (Å²) in [5.74, 6) is -1.92. The molecule has 0 bridgehead atoms. The number of hydrogen-bond donors (Lipinski definition) is 1. The van der Waals surface area contributed by atoms with Gasteiger partial charge in [-0.05, 0) is 17.5 Å². The Morgan fingerprint density at radius 3 is 2.18 bits per heavy atom. The minimum Gasteiger partial charge on any atom is -0.480 e. The van der Waals surface area contributed by atoms with Crippen LogP contribution in [0.4, 0.5) is 13.2 Å². The summed E-state index contributed by atoms with van der Waals surface area (Å²) < 4.78 is 37.4. The average molecular weight is 318 g/mol. The van der Waals surface area contributed by atoms with Crippen LogP contribution >= 0.6 is 0 Å². The third-order valence-electron chi connectivity index (χ3n) is 2.59. The molecule has 22 heavy (non-hydrogen) atoms. The van der Waals surface area contributed by atoms with Crippen molar-refractivity contribution in [2.45, 2.75) is 26.9 Å². The van der Waals surface area contributed by atoms with Crippen LogP contribution < -0.4 is 0 Å². The lowest BCUT2D eigenvalue weighted by atomic mass is 9.96. The summed E-state index contributed by atoms with van der Waals surface area (Å²) in [6.45, 7) is 5.04. The van der Waals surface area contributed by atoms with E-state index in [2.05, 4.69) is 4.98 Å². The second kappa shape index (κ2) is 6.33. The molecule has 8 heteroatoms. The number of aliphatic carboxylic acids is 1. The lowest BCUT2D eigenvalue weighted by molar-refractivity contribution is -0.138. The van der Waals surface area contributed by atoms with Crippen molar-refractivity contribution in [2.75, 3.05) is 13.1 Å². The average Bonchev–Trinajstić information content (AvgIpc) is 2.34. The van der Waals surface area contributed by atoms with Crippen molar-refractivity contribution in [1.82, 2.24) is 9.88 Å². The van der Waals surface area contributed by atoms with Crippen LogP contribution in [0, 0.1) is 5.41 Å². The first kappa shape index (κ1) is 17.9. The Balaban J connectivity index is 3.00. The van der Waals surface area contributed by atoms with Crippen molar-refractivity contribution in [1.29, 1.82) is 0 Å². The standard InChI is InChI=1S/C14H17F3N2O3/c1-13(2,3)8-19(7-11(20)21)12(22)10-5-4-9(6-18-10)14(15,16)17/h4-6H,7-8H2,1-3H3,(H,20,21). The lowest BCUT2D eigenvalue weighted by Crippen LogP contribution is -2.41. The van der Waals surface area contributed by atoms with E-state index < -0.39 is 30.2 Å². The number of aromatic nitrogens is 1. The van der Waals surface area contributed by atoms with Gasteiger partial charge in [0.15, 0.2) is 0 Å². The minimum absolute atomic E-state index is 0.140. The Hall–Kier alpha value is -2.12. The Morgan fingerprint density at radius 1 is 1.23 bits per heavy atom. The van der Waals surface area contributed by atoms with Crippen LogP contribution in [0.2, 0.25) is 0 Å². The number of carboxylic acid groups (broad SMARTS) is 1. The van der Waals surface area contributed by atoms with Gasteiger partial charge in [-0.3, -0.25) is 14.6 Å². The third kappa shape index (κ3) is 5.34. The fraction of sp³-hybridized carbons (Fsp3) is 0.500. The van der Waals surface area contributed by atoms with E-state index in [-0.39, 0.29) is 17.7 Å². The van der Waals surface area contributed by atoms with Crippen molar-refractivity contribution >= 4 is 11.9 Å². The van der Waals surface area contributed by atoms with Crippen LogP contribution in [0.5, 0.6) is 0 Å². The van der Waals surface area contributed by atoms with E-state index in [0.29, 0.717) is 6.20 Å². The van der Waals surface area contributed by atoms with Crippen LogP contribution in [-0.2, 0) is 11.0 Å². The molecule has 0 saturated carbocycles. The number of alkyl halides is 3. The number of halogens is 3. The molecule has 1 heterocycles. The van der Waals surface area contributed by atoms with Gasteiger partial charge in [0.05, 0.1) is 5.56 Å². The highest BCUT2D eigenvalue weighted by Crippen LogP contribution is 2.28. The zero-order chi connectivity index (χ0) is 17.1. The fourth-order valence-electron chi connectivity index (χ4n) is 1.79. The second-order valence-corrected chi connectivity index (χ2v) is 6.05.